The van der Waals surface area contributed by atoms with E-state index < -0.39 is 4.92 Å². The molecule has 0 aliphatic carbocycles. The zero-order chi connectivity index (χ0) is 14.5. The zero-order valence-corrected chi connectivity index (χ0v) is 11.0. The standard InChI is InChI=1S/C12H13N5O3/c1-3-20-12-10(17(18)19)11(14-7-15-12)16-9-5-4-8(2)6-13-9/h4-7H,3H2,1-2H3,(H,13,14,15,16). The van der Waals surface area contributed by atoms with Crippen LogP contribution in [0, 0.1) is 17.0 Å². The molecule has 2 heterocycles. The Bertz CT molecular complexity index is 615. The first-order chi connectivity index (χ1) is 9.61. The molecule has 0 aliphatic rings. The third-order valence-electron chi connectivity index (χ3n) is 2.41. The number of nitrogens with zero attached hydrogens (tertiary/aromatic N) is 4. The van der Waals surface area contributed by atoms with E-state index in [0.717, 1.165) is 5.56 Å². The predicted octanol–water partition coefficient (Wildman–Crippen LogP) is 2.23. The third-order valence-corrected chi connectivity index (χ3v) is 2.41. The highest BCUT2D eigenvalue weighted by Crippen LogP contribution is 2.32. The summed E-state index contributed by atoms with van der Waals surface area (Å²) in [7, 11) is 0. The summed E-state index contributed by atoms with van der Waals surface area (Å²) in [6.07, 6.45) is 2.85. The Labute approximate surface area is 115 Å². The Kier molecular flexibility index (Phi) is 4.04. The molecule has 20 heavy (non-hydrogen) atoms. The van der Waals surface area contributed by atoms with Crippen LogP contribution in [0.2, 0.25) is 0 Å². The highest BCUT2D eigenvalue weighted by Gasteiger charge is 2.24. The maximum atomic E-state index is 11.1. The monoisotopic (exact) mass is 275 g/mol. The molecule has 0 radical (unpaired) electrons. The van der Waals surface area contributed by atoms with Gasteiger partial charge in [-0.05, 0) is 25.5 Å². The van der Waals surface area contributed by atoms with Gasteiger partial charge in [-0.25, -0.2) is 9.97 Å². The maximum Gasteiger partial charge on any atom is 0.373 e. The van der Waals surface area contributed by atoms with E-state index in [0.29, 0.717) is 5.82 Å². The van der Waals surface area contributed by atoms with Crippen LogP contribution in [0.3, 0.4) is 0 Å². The lowest BCUT2D eigenvalue weighted by atomic mass is 10.3. The summed E-state index contributed by atoms with van der Waals surface area (Å²) in [6, 6.07) is 3.55. The largest absolute Gasteiger partial charge is 0.473 e. The molecule has 0 fully saturated rings. The van der Waals surface area contributed by atoms with Gasteiger partial charge in [-0.1, -0.05) is 6.07 Å². The van der Waals surface area contributed by atoms with E-state index in [1.165, 1.54) is 6.33 Å². The lowest BCUT2D eigenvalue weighted by Crippen LogP contribution is -2.05. The van der Waals surface area contributed by atoms with Gasteiger partial charge >= 0.3 is 5.69 Å². The quantitative estimate of drug-likeness (QED) is 0.659. The van der Waals surface area contributed by atoms with Gasteiger partial charge in [0.25, 0.3) is 5.88 Å². The van der Waals surface area contributed by atoms with Crippen LogP contribution in [0.5, 0.6) is 5.88 Å². The molecule has 0 atom stereocenters. The molecule has 0 bridgehead atoms. The number of pyridine rings is 1. The molecule has 2 aromatic rings. The normalized spacial score (nSPS) is 10.1. The average Bonchev–Trinajstić information content (AvgIpc) is 2.41. The van der Waals surface area contributed by atoms with Gasteiger partial charge in [-0.2, -0.15) is 4.98 Å². The second kappa shape index (κ2) is 5.91. The van der Waals surface area contributed by atoms with Crippen LogP contribution in [0.1, 0.15) is 12.5 Å². The highest BCUT2D eigenvalue weighted by atomic mass is 16.6. The third kappa shape index (κ3) is 2.97. The Balaban J connectivity index is 2.37. The van der Waals surface area contributed by atoms with E-state index in [-0.39, 0.29) is 24.0 Å². The Hall–Kier alpha value is -2.77. The minimum absolute atomic E-state index is 0.0461. The van der Waals surface area contributed by atoms with Gasteiger partial charge in [0.1, 0.15) is 12.1 Å². The summed E-state index contributed by atoms with van der Waals surface area (Å²) in [5, 5.41) is 13.9. The van der Waals surface area contributed by atoms with Crippen LogP contribution in [0.15, 0.2) is 24.7 Å². The number of hydrogen-bond acceptors (Lipinski definition) is 7. The summed E-state index contributed by atoms with van der Waals surface area (Å²) in [5.41, 5.74) is 0.680. The van der Waals surface area contributed by atoms with Gasteiger partial charge in [0.15, 0.2) is 0 Å². The second-order valence-electron chi connectivity index (χ2n) is 3.91. The van der Waals surface area contributed by atoms with Crippen LogP contribution < -0.4 is 10.1 Å². The predicted molar refractivity (Wildman–Crippen MR) is 72.1 cm³/mol. The van der Waals surface area contributed by atoms with E-state index >= 15 is 0 Å². The van der Waals surface area contributed by atoms with E-state index in [2.05, 4.69) is 20.3 Å². The summed E-state index contributed by atoms with van der Waals surface area (Å²) in [5.74, 6) is 0.437. The number of aromatic nitrogens is 3. The van der Waals surface area contributed by atoms with Crippen molar-refractivity contribution in [1.82, 2.24) is 15.0 Å². The number of aryl methyl sites for hydroxylation is 1. The highest BCUT2D eigenvalue weighted by molar-refractivity contribution is 5.66. The summed E-state index contributed by atoms with van der Waals surface area (Å²) in [6.45, 7) is 3.90. The fraction of sp³-hybridized carbons (Fsp3) is 0.250. The second-order valence-corrected chi connectivity index (χ2v) is 3.91. The molecule has 2 aromatic heterocycles. The van der Waals surface area contributed by atoms with E-state index in [1.807, 2.05) is 13.0 Å². The number of rotatable bonds is 5. The Morgan fingerprint density at radius 3 is 2.75 bits per heavy atom. The number of hydrogen-bond donors (Lipinski definition) is 1. The molecule has 0 unspecified atom stereocenters. The minimum atomic E-state index is -0.582. The van der Waals surface area contributed by atoms with Crippen LogP contribution in [-0.4, -0.2) is 26.5 Å². The van der Waals surface area contributed by atoms with Gasteiger partial charge in [0.2, 0.25) is 5.82 Å². The smallest absolute Gasteiger partial charge is 0.373 e. The molecule has 0 saturated carbocycles. The summed E-state index contributed by atoms with van der Waals surface area (Å²) < 4.78 is 5.14. The molecular weight excluding hydrogens is 262 g/mol. The molecule has 8 nitrogen and oxygen atoms in total. The molecular formula is C12H13N5O3. The minimum Gasteiger partial charge on any atom is -0.473 e. The van der Waals surface area contributed by atoms with Gasteiger partial charge < -0.3 is 10.1 Å². The van der Waals surface area contributed by atoms with Crippen molar-refractivity contribution in [1.29, 1.82) is 0 Å². The number of anilines is 2. The Morgan fingerprint density at radius 1 is 1.35 bits per heavy atom. The lowest BCUT2D eigenvalue weighted by Gasteiger charge is -2.08. The van der Waals surface area contributed by atoms with Crippen molar-refractivity contribution in [3.05, 3.63) is 40.3 Å². The van der Waals surface area contributed by atoms with E-state index in [1.54, 1.807) is 19.2 Å². The molecule has 1 N–H and O–H groups in total. The van der Waals surface area contributed by atoms with Gasteiger partial charge in [-0.15, -0.1) is 0 Å². The van der Waals surface area contributed by atoms with Crippen molar-refractivity contribution in [2.75, 3.05) is 11.9 Å². The fourth-order valence-electron chi connectivity index (χ4n) is 1.52. The molecule has 0 saturated heterocycles. The van der Waals surface area contributed by atoms with Gasteiger partial charge in [0.05, 0.1) is 11.5 Å². The van der Waals surface area contributed by atoms with Gasteiger partial charge in [-0.3, -0.25) is 10.1 Å². The van der Waals surface area contributed by atoms with Crippen molar-refractivity contribution in [2.24, 2.45) is 0 Å². The van der Waals surface area contributed by atoms with Crippen molar-refractivity contribution >= 4 is 17.3 Å². The number of nitrogens with one attached hydrogen (secondary N) is 1. The van der Waals surface area contributed by atoms with Gasteiger partial charge in [0, 0.05) is 6.20 Å². The average molecular weight is 275 g/mol. The number of ether oxygens (including phenoxy) is 1. The first kappa shape index (κ1) is 13.7. The van der Waals surface area contributed by atoms with Crippen LogP contribution >= 0.6 is 0 Å². The SMILES string of the molecule is CCOc1ncnc(Nc2ccc(C)cn2)c1[N+](=O)[O-]. The van der Waals surface area contributed by atoms with Crippen LogP contribution in [0.4, 0.5) is 17.3 Å². The Morgan fingerprint density at radius 2 is 2.15 bits per heavy atom. The van der Waals surface area contributed by atoms with Crippen molar-refractivity contribution in [3.63, 3.8) is 0 Å². The molecule has 0 aliphatic heterocycles. The molecule has 0 amide bonds. The maximum absolute atomic E-state index is 11.1. The first-order valence-electron chi connectivity index (χ1n) is 5.93. The van der Waals surface area contributed by atoms with Crippen LogP contribution in [-0.2, 0) is 0 Å². The molecule has 0 spiro atoms. The molecule has 0 aromatic carbocycles. The molecule has 104 valence electrons. The van der Waals surface area contributed by atoms with E-state index in [9.17, 15) is 10.1 Å². The van der Waals surface area contributed by atoms with Crippen molar-refractivity contribution in [3.8, 4) is 5.88 Å². The first-order valence-corrected chi connectivity index (χ1v) is 5.93. The van der Waals surface area contributed by atoms with E-state index in [4.69, 9.17) is 4.74 Å². The summed E-state index contributed by atoms with van der Waals surface area (Å²) in [4.78, 5) is 22.3. The molecule has 2 rings (SSSR count). The zero-order valence-electron chi connectivity index (χ0n) is 11.0. The number of nitro groups is 1. The molecule has 8 heteroatoms. The van der Waals surface area contributed by atoms with Crippen molar-refractivity contribution in [2.45, 2.75) is 13.8 Å². The summed E-state index contributed by atoms with van der Waals surface area (Å²) >= 11 is 0. The lowest BCUT2D eigenvalue weighted by molar-refractivity contribution is -0.385. The fourth-order valence-corrected chi connectivity index (χ4v) is 1.52. The van der Waals surface area contributed by atoms with Crippen molar-refractivity contribution < 1.29 is 9.66 Å². The topological polar surface area (TPSA) is 103 Å². The van der Waals surface area contributed by atoms with Crippen LogP contribution in [0.25, 0.3) is 0 Å².